The first-order valence-electron chi connectivity index (χ1n) is 3.92. The molecule has 0 radical (unpaired) electrons. The average molecular weight is 246 g/mol. The van der Waals surface area contributed by atoms with Gasteiger partial charge in [0.1, 0.15) is 5.82 Å². The van der Waals surface area contributed by atoms with Crippen LogP contribution in [0.25, 0.3) is 0 Å². The van der Waals surface area contributed by atoms with Crippen molar-refractivity contribution in [2.75, 3.05) is 12.3 Å². The van der Waals surface area contributed by atoms with Gasteiger partial charge in [0.25, 0.3) is 0 Å². The van der Waals surface area contributed by atoms with E-state index in [0.717, 1.165) is 10.0 Å². The highest BCUT2D eigenvalue weighted by Crippen LogP contribution is 2.22. The summed E-state index contributed by atoms with van der Waals surface area (Å²) in [5.41, 5.74) is 12.2. The molecule has 0 amide bonds. The second-order valence-electron chi connectivity index (χ2n) is 2.75. The van der Waals surface area contributed by atoms with Gasteiger partial charge in [0, 0.05) is 28.9 Å². The van der Waals surface area contributed by atoms with Gasteiger partial charge in [0.15, 0.2) is 0 Å². The van der Waals surface area contributed by atoms with Crippen LogP contribution in [0, 0.1) is 0 Å². The van der Waals surface area contributed by atoms with E-state index in [1.165, 1.54) is 0 Å². The van der Waals surface area contributed by atoms with Crippen LogP contribution in [0.4, 0.5) is 5.82 Å². The second-order valence-corrected chi connectivity index (χ2v) is 3.66. The Kier molecular flexibility index (Phi) is 3.65. The van der Waals surface area contributed by atoms with Crippen LogP contribution in [0.15, 0.2) is 16.7 Å². The Bertz CT molecular complexity index is 293. The minimum atomic E-state index is -0.255. The Morgan fingerprint density at radius 2 is 2.31 bits per heavy atom. The van der Waals surface area contributed by atoms with E-state index in [1.807, 2.05) is 6.07 Å². The molecule has 0 spiro atoms. The number of rotatable bonds is 3. The van der Waals surface area contributed by atoms with Crippen molar-refractivity contribution in [3.8, 4) is 0 Å². The van der Waals surface area contributed by atoms with Gasteiger partial charge in [-0.15, -0.1) is 0 Å². The summed E-state index contributed by atoms with van der Waals surface area (Å²) in [6.45, 7) is 0.0487. The zero-order valence-corrected chi connectivity index (χ0v) is 8.66. The first-order valence-corrected chi connectivity index (χ1v) is 4.71. The van der Waals surface area contributed by atoms with Crippen LogP contribution in [-0.2, 0) is 0 Å². The summed E-state index contributed by atoms with van der Waals surface area (Å²) in [7, 11) is 0. The molecule has 0 aliphatic rings. The van der Waals surface area contributed by atoms with Gasteiger partial charge < -0.3 is 16.6 Å². The highest BCUT2D eigenvalue weighted by Gasteiger charge is 2.10. The molecule has 1 aromatic heterocycles. The van der Waals surface area contributed by atoms with Crippen molar-refractivity contribution in [3.63, 3.8) is 0 Å². The summed E-state index contributed by atoms with van der Waals surface area (Å²) in [5, 5.41) is 8.71. The molecule has 1 heterocycles. The molecule has 5 N–H and O–H groups in total. The van der Waals surface area contributed by atoms with Gasteiger partial charge in [-0.3, -0.25) is 0 Å². The Hall–Kier alpha value is -0.650. The minimum Gasteiger partial charge on any atom is -0.396 e. The van der Waals surface area contributed by atoms with E-state index in [2.05, 4.69) is 20.9 Å². The zero-order chi connectivity index (χ0) is 9.84. The average Bonchev–Trinajstić information content (AvgIpc) is 2.09. The molecule has 5 heteroatoms. The molecule has 1 rings (SSSR count). The van der Waals surface area contributed by atoms with Gasteiger partial charge in [-0.05, 0) is 28.4 Å². The maximum atomic E-state index is 8.71. The number of nitrogen functional groups attached to an aromatic ring is 1. The van der Waals surface area contributed by atoms with Crippen LogP contribution >= 0.6 is 15.9 Å². The number of aromatic nitrogens is 1. The molecule has 1 atom stereocenters. The molecule has 0 fully saturated rings. The van der Waals surface area contributed by atoms with Crippen LogP contribution in [0.5, 0.6) is 0 Å². The van der Waals surface area contributed by atoms with E-state index in [0.29, 0.717) is 12.2 Å². The Morgan fingerprint density at radius 1 is 1.62 bits per heavy atom. The normalized spacial score (nSPS) is 12.8. The summed E-state index contributed by atoms with van der Waals surface area (Å²) >= 11 is 3.28. The van der Waals surface area contributed by atoms with Crippen molar-refractivity contribution < 1.29 is 5.11 Å². The van der Waals surface area contributed by atoms with Gasteiger partial charge in [0.2, 0.25) is 0 Å². The van der Waals surface area contributed by atoms with E-state index in [9.17, 15) is 0 Å². The highest BCUT2D eigenvalue weighted by molar-refractivity contribution is 9.10. The molecular weight excluding hydrogens is 234 g/mol. The van der Waals surface area contributed by atoms with E-state index in [1.54, 1.807) is 6.20 Å². The highest BCUT2D eigenvalue weighted by atomic mass is 79.9. The van der Waals surface area contributed by atoms with Gasteiger partial charge >= 0.3 is 0 Å². The predicted molar refractivity (Wildman–Crippen MR) is 55.0 cm³/mol. The second kappa shape index (κ2) is 4.55. The van der Waals surface area contributed by atoms with Crippen LogP contribution in [-0.4, -0.2) is 16.7 Å². The minimum absolute atomic E-state index is 0.0487. The third-order valence-corrected chi connectivity index (χ3v) is 2.19. The molecule has 0 bridgehead atoms. The Balaban J connectivity index is 2.91. The van der Waals surface area contributed by atoms with E-state index in [-0.39, 0.29) is 12.6 Å². The molecule has 0 saturated heterocycles. The molecule has 1 aromatic rings. The van der Waals surface area contributed by atoms with E-state index < -0.39 is 0 Å². The monoisotopic (exact) mass is 245 g/mol. The van der Waals surface area contributed by atoms with Crippen molar-refractivity contribution in [2.24, 2.45) is 5.73 Å². The van der Waals surface area contributed by atoms with Crippen LogP contribution in [0.3, 0.4) is 0 Å². The first kappa shape index (κ1) is 10.4. The van der Waals surface area contributed by atoms with Crippen molar-refractivity contribution in [3.05, 3.63) is 22.3 Å². The molecule has 13 heavy (non-hydrogen) atoms. The predicted octanol–water partition coefficient (Wildman–Crippen LogP) is 0.808. The van der Waals surface area contributed by atoms with Crippen molar-refractivity contribution in [2.45, 2.75) is 12.5 Å². The number of anilines is 1. The fourth-order valence-electron chi connectivity index (χ4n) is 1.06. The van der Waals surface area contributed by atoms with Crippen molar-refractivity contribution >= 4 is 21.7 Å². The summed E-state index contributed by atoms with van der Waals surface area (Å²) in [4.78, 5) is 3.95. The third-order valence-electron chi connectivity index (χ3n) is 1.76. The quantitative estimate of drug-likeness (QED) is 0.736. The Labute approximate surface area is 85.1 Å². The number of halogens is 1. The fraction of sp³-hybridized carbons (Fsp3) is 0.375. The summed E-state index contributed by atoms with van der Waals surface area (Å²) in [6.07, 6.45) is 2.10. The summed E-state index contributed by atoms with van der Waals surface area (Å²) in [5.74, 6) is 0.421. The number of hydrogen-bond donors (Lipinski definition) is 3. The van der Waals surface area contributed by atoms with E-state index in [4.69, 9.17) is 16.6 Å². The number of aliphatic hydroxyl groups excluding tert-OH is 1. The lowest BCUT2D eigenvalue weighted by Crippen LogP contribution is -2.14. The number of nitrogens with zero attached hydrogens (tertiary/aromatic N) is 1. The molecule has 0 saturated carbocycles. The third kappa shape index (κ3) is 2.65. The zero-order valence-electron chi connectivity index (χ0n) is 7.07. The number of aliphatic hydroxyl groups is 1. The SMILES string of the molecule is Nc1ncc(Br)cc1[C@H](N)CCO. The van der Waals surface area contributed by atoms with Gasteiger partial charge in [-0.25, -0.2) is 4.98 Å². The molecule has 4 nitrogen and oxygen atoms in total. The fourth-order valence-corrected chi connectivity index (χ4v) is 1.41. The molecule has 0 aromatic carbocycles. The van der Waals surface area contributed by atoms with Gasteiger partial charge in [-0.1, -0.05) is 0 Å². The topological polar surface area (TPSA) is 85.2 Å². The van der Waals surface area contributed by atoms with Crippen molar-refractivity contribution in [1.82, 2.24) is 4.98 Å². The molecule has 0 unspecified atom stereocenters. The van der Waals surface area contributed by atoms with Gasteiger partial charge in [0.05, 0.1) is 0 Å². The lowest BCUT2D eigenvalue weighted by molar-refractivity contribution is 0.276. The molecule has 0 aliphatic heterocycles. The van der Waals surface area contributed by atoms with E-state index >= 15 is 0 Å². The number of hydrogen-bond acceptors (Lipinski definition) is 4. The van der Waals surface area contributed by atoms with Crippen LogP contribution < -0.4 is 11.5 Å². The first-order chi connectivity index (χ1) is 6.15. The number of nitrogens with two attached hydrogens (primary N) is 2. The lowest BCUT2D eigenvalue weighted by atomic mass is 10.1. The Morgan fingerprint density at radius 3 is 2.92 bits per heavy atom. The smallest absolute Gasteiger partial charge is 0.128 e. The molecule has 72 valence electrons. The summed E-state index contributed by atoms with van der Waals surface area (Å²) in [6, 6.07) is 1.57. The van der Waals surface area contributed by atoms with Crippen LogP contribution in [0.1, 0.15) is 18.0 Å². The summed E-state index contributed by atoms with van der Waals surface area (Å²) < 4.78 is 0.838. The van der Waals surface area contributed by atoms with Gasteiger partial charge in [-0.2, -0.15) is 0 Å². The maximum Gasteiger partial charge on any atom is 0.128 e. The van der Waals surface area contributed by atoms with Crippen LogP contribution in [0.2, 0.25) is 0 Å². The molecule has 0 aliphatic carbocycles. The number of pyridine rings is 1. The lowest BCUT2D eigenvalue weighted by Gasteiger charge is -2.12. The largest absolute Gasteiger partial charge is 0.396 e. The maximum absolute atomic E-state index is 8.71. The molecular formula is C8H12BrN3O. The van der Waals surface area contributed by atoms with Crippen molar-refractivity contribution in [1.29, 1.82) is 0 Å². The standard InChI is InChI=1S/C8H12BrN3O/c9-5-3-6(7(10)1-2-13)8(11)12-4-5/h3-4,7,13H,1-2,10H2,(H2,11,12)/t7-/m1/s1.